The van der Waals surface area contributed by atoms with Crippen LogP contribution in [0.2, 0.25) is 0 Å². The number of benzene rings is 1. The number of methoxy groups -OCH3 is 1. The fraction of sp³-hybridized carbons (Fsp3) is 0.565. The molecule has 0 amide bonds. The van der Waals surface area contributed by atoms with Crippen molar-refractivity contribution in [2.24, 2.45) is 4.99 Å². The van der Waals surface area contributed by atoms with E-state index < -0.39 is 0 Å². The summed E-state index contributed by atoms with van der Waals surface area (Å²) in [5.41, 5.74) is 4.33. The van der Waals surface area contributed by atoms with Gasteiger partial charge in [0.25, 0.3) is 0 Å². The number of halogens is 1. The molecular weight excluding hydrogens is 507 g/mol. The van der Waals surface area contributed by atoms with Crippen molar-refractivity contribution in [3.05, 3.63) is 46.3 Å². The minimum atomic E-state index is 0. The lowest BCUT2D eigenvalue weighted by Gasteiger charge is -2.16. The third-order valence-corrected chi connectivity index (χ3v) is 4.88. The molecule has 7 nitrogen and oxygen atoms in total. The van der Waals surface area contributed by atoms with Gasteiger partial charge in [-0.25, -0.2) is 4.99 Å². The predicted molar refractivity (Wildman–Crippen MR) is 136 cm³/mol. The van der Waals surface area contributed by atoms with Gasteiger partial charge in [0.2, 0.25) is 0 Å². The second-order valence-electron chi connectivity index (χ2n) is 7.52. The SMILES string of the molecule is CCNC(=NCc1ccc(C)cc1OCCCOC)NCC(C)c1c(C)noc1C.I. The molecule has 1 heterocycles. The fourth-order valence-electron chi connectivity index (χ4n) is 3.36. The largest absolute Gasteiger partial charge is 0.493 e. The Balaban J connectivity index is 0.00000480. The van der Waals surface area contributed by atoms with Crippen LogP contribution in [0.1, 0.15) is 54.3 Å². The number of aliphatic imine (C=N–C) groups is 1. The molecule has 0 saturated carbocycles. The molecule has 0 aliphatic carbocycles. The summed E-state index contributed by atoms with van der Waals surface area (Å²) in [4.78, 5) is 4.77. The summed E-state index contributed by atoms with van der Waals surface area (Å²) in [6.07, 6.45) is 0.858. The first-order valence-electron chi connectivity index (χ1n) is 10.6. The Bertz CT molecular complexity index is 804. The molecule has 174 valence electrons. The van der Waals surface area contributed by atoms with Gasteiger partial charge in [0.15, 0.2) is 5.96 Å². The Labute approximate surface area is 203 Å². The Morgan fingerprint density at radius 2 is 1.97 bits per heavy atom. The number of aryl methyl sites for hydroxylation is 3. The summed E-state index contributed by atoms with van der Waals surface area (Å²) in [5.74, 6) is 2.80. The standard InChI is InChI=1S/C23H36N4O3.HI/c1-7-24-23(25-14-17(3)22-18(4)27-30-19(22)5)26-15-20-10-9-16(2)13-21(20)29-12-8-11-28-6;/h9-10,13,17H,7-8,11-12,14-15H2,1-6H3,(H2,24,25,26);1H. The van der Waals surface area contributed by atoms with E-state index in [0.29, 0.717) is 19.8 Å². The van der Waals surface area contributed by atoms with E-state index in [-0.39, 0.29) is 29.9 Å². The molecule has 0 radical (unpaired) electrons. The van der Waals surface area contributed by atoms with Crippen LogP contribution in [0.15, 0.2) is 27.7 Å². The van der Waals surface area contributed by atoms with Gasteiger partial charge in [-0.15, -0.1) is 24.0 Å². The van der Waals surface area contributed by atoms with Crippen molar-refractivity contribution < 1.29 is 14.0 Å². The number of hydrogen-bond donors (Lipinski definition) is 2. The lowest BCUT2D eigenvalue weighted by Crippen LogP contribution is -2.39. The maximum atomic E-state index is 5.98. The van der Waals surface area contributed by atoms with Gasteiger partial charge in [-0.05, 0) is 39.3 Å². The van der Waals surface area contributed by atoms with Crippen molar-refractivity contribution in [2.45, 2.75) is 53.5 Å². The van der Waals surface area contributed by atoms with Gasteiger partial charge < -0.3 is 24.6 Å². The molecule has 0 saturated heterocycles. The van der Waals surface area contributed by atoms with E-state index in [4.69, 9.17) is 19.0 Å². The van der Waals surface area contributed by atoms with E-state index in [2.05, 4.69) is 54.8 Å². The first-order valence-corrected chi connectivity index (χ1v) is 10.6. The summed E-state index contributed by atoms with van der Waals surface area (Å²) in [5, 5.41) is 10.8. The average molecular weight is 544 g/mol. The van der Waals surface area contributed by atoms with E-state index in [1.165, 1.54) is 5.56 Å². The van der Waals surface area contributed by atoms with Crippen LogP contribution in [0.25, 0.3) is 0 Å². The minimum Gasteiger partial charge on any atom is -0.493 e. The number of aromatic nitrogens is 1. The second-order valence-corrected chi connectivity index (χ2v) is 7.52. The molecule has 0 fully saturated rings. The predicted octanol–water partition coefficient (Wildman–Crippen LogP) is 4.49. The molecule has 0 aliphatic heterocycles. The first-order chi connectivity index (χ1) is 14.5. The van der Waals surface area contributed by atoms with Crippen LogP contribution in [-0.4, -0.2) is 44.5 Å². The Kier molecular flexibility index (Phi) is 12.5. The minimum absolute atomic E-state index is 0. The van der Waals surface area contributed by atoms with E-state index in [1.54, 1.807) is 7.11 Å². The Morgan fingerprint density at radius 1 is 1.19 bits per heavy atom. The number of hydrogen-bond acceptors (Lipinski definition) is 5. The van der Waals surface area contributed by atoms with Gasteiger partial charge in [-0.3, -0.25) is 0 Å². The van der Waals surface area contributed by atoms with Gasteiger partial charge >= 0.3 is 0 Å². The highest BCUT2D eigenvalue weighted by Crippen LogP contribution is 2.23. The number of ether oxygens (including phenoxy) is 2. The lowest BCUT2D eigenvalue weighted by molar-refractivity contribution is 0.172. The molecule has 1 atom stereocenters. The van der Waals surface area contributed by atoms with Crippen molar-refractivity contribution in [1.82, 2.24) is 15.8 Å². The van der Waals surface area contributed by atoms with Crippen molar-refractivity contribution in [1.29, 1.82) is 0 Å². The molecule has 0 bridgehead atoms. The maximum absolute atomic E-state index is 5.98. The zero-order valence-corrected chi connectivity index (χ0v) is 21.9. The number of nitrogens with zero attached hydrogens (tertiary/aromatic N) is 2. The van der Waals surface area contributed by atoms with Crippen molar-refractivity contribution >= 4 is 29.9 Å². The maximum Gasteiger partial charge on any atom is 0.191 e. The second kappa shape index (κ2) is 14.3. The Morgan fingerprint density at radius 3 is 2.61 bits per heavy atom. The molecule has 2 aromatic rings. The summed E-state index contributed by atoms with van der Waals surface area (Å²) in [7, 11) is 1.70. The number of nitrogens with one attached hydrogen (secondary N) is 2. The molecule has 0 spiro atoms. The summed E-state index contributed by atoms with van der Waals surface area (Å²) < 4.78 is 16.4. The molecule has 1 unspecified atom stereocenters. The third-order valence-electron chi connectivity index (χ3n) is 4.88. The van der Waals surface area contributed by atoms with Crippen LogP contribution >= 0.6 is 24.0 Å². The van der Waals surface area contributed by atoms with Crippen LogP contribution in [-0.2, 0) is 11.3 Å². The van der Waals surface area contributed by atoms with Gasteiger partial charge in [0, 0.05) is 50.3 Å². The van der Waals surface area contributed by atoms with Crippen molar-refractivity contribution in [3.63, 3.8) is 0 Å². The Hall–Kier alpha value is -1.81. The molecule has 1 aromatic heterocycles. The highest BCUT2D eigenvalue weighted by molar-refractivity contribution is 14.0. The summed E-state index contributed by atoms with van der Waals surface area (Å²) >= 11 is 0. The molecule has 0 aliphatic rings. The topological polar surface area (TPSA) is 80.9 Å². The molecular formula is C23H37IN4O3. The zero-order valence-electron chi connectivity index (χ0n) is 19.6. The van der Waals surface area contributed by atoms with Crippen molar-refractivity contribution in [2.75, 3.05) is 33.4 Å². The fourth-order valence-corrected chi connectivity index (χ4v) is 3.36. The van der Waals surface area contributed by atoms with Gasteiger partial charge in [0.05, 0.1) is 18.8 Å². The molecule has 8 heteroatoms. The van der Waals surface area contributed by atoms with Crippen LogP contribution in [0.4, 0.5) is 0 Å². The molecule has 2 rings (SSSR count). The van der Waals surface area contributed by atoms with Crippen LogP contribution in [0, 0.1) is 20.8 Å². The van der Waals surface area contributed by atoms with E-state index in [1.807, 2.05) is 13.8 Å². The first kappa shape index (κ1) is 27.2. The van der Waals surface area contributed by atoms with Crippen molar-refractivity contribution in [3.8, 4) is 5.75 Å². The van der Waals surface area contributed by atoms with E-state index in [0.717, 1.165) is 53.8 Å². The average Bonchev–Trinajstić information content (AvgIpc) is 3.06. The highest BCUT2D eigenvalue weighted by Gasteiger charge is 2.16. The van der Waals surface area contributed by atoms with Gasteiger partial charge in [-0.1, -0.05) is 24.2 Å². The monoisotopic (exact) mass is 544 g/mol. The summed E-state index contributed by atoms with van der Waals surface area (Å²) in [6, 6.07) is 6.24. The molecule has 2 N–H and O–H groups in total. The number of rotatable bonds is 11. The summed E-state index contributed by atoms with van der Waals surface area (Å²) in [6.45, 7) is 13.6. The van der Waals surface area contributed by atoms with Crippen LogP contribution in [0.5, 0.6) is 5.75 Å². The molecule has 31 heavy (non-hydrogen) atoms. The normalized spacial score (nSPS) is 12.3. The van der Waals surface area contributed by atoms with Gasteiger partial charge in [-0.2, -0.15) is 0 Å². The zero-order chi connectivity index (χ0) is 21.9. The third kappa shape index (κ3) is 8.68. The smallest absolute Gasteiger partial charge is 0.191 e. The lowest BCUT2D eigenvalue weighted by atomic mass is 10.00. The van der Waals surface area contributed by atoms with E-state index >= 15 is 0 Å². The molecule has 1 aromatic carbocycles. The van der Waals surface area contributed by atoms with Crippen LogP contribution < -0.4 is 15.4 Å². The highest BCUT2D eigenvalue weighted by atomic mass is 127. The van der Waals surface area contributed by atoms with Gasteiger partial charge in [0.1, 0.15) is 11.5 Å². The van der Waals surface area contributed by atoms with E-state index in [9.17, 15) is 0 Å². The van der Waals surface area contributed by atoms with Crippen LogP contribution in [0.3, 0.4) is 0 Å². The quantitative estimate of drug-likeness (QED) is 0.188. The number of guanidine groups is 1.